The molecule has 0 aromatic heterocycles. The molecule has 0 bridgehead atoms. The molecule has 0 radical (unpaired) electrons. The first kappa shape index (κ1) is 41.2. The van der Waals surface area contributed by atoms with Crippen LogP contribution in [0.3, 0.4) is 0 Å². The van der Waals surface area contributed by atoms with Crippen molar-refractivity contribution in [2.75, 3.05) is 20.3 Å². The Labute approximate surface area is 321 Å². The third kappa shape index (κ3) is 12.5. The molecule has 4 aromatic carbocycles. The summed E-state index contributed by atoms with van der Waals surface area (Å²) < 4.78 is 16.5. The summed E-state index contributed by atoms with van der Waals surface area (Å²) in [6, 6.07) is 28.8. The number of hydrogen-bond acceptors (Lipinski definition) is 11. The molecule has 2 aliphatic heterocycles. The molecule has 11 nitrogen and oxygen atoms in total. The largest absolute Gasteiger partial charge is 0.496 e. The molecular formula is C39H41ClN2O9S2. The smallest absolute Gasteiger partial charge is 0.286 e. The second kappa shape index (κ2) is 20.6. The molecular weight excluding hydrogens is 740 g/mol. The molecule has 0 saturated carbocycles. The van der Waals surface area contributed by atoms with Crippen molar-refractivity contribution in [2.45, 2.75) is 49.4 Å². The van der Waals surface area contributed by atoms with Gasteiger partial charge in [-0.05, 0) is 72.0 Å². The molecule has 0 aliphatic carbocycles. The van der Waals surface area contributed by atoms with Crippen LogP contribution in [0, 0.1) is 0 Å². The Balaban J connectivity index is 0.000000226. The van der Waals surface area contributed by atoms with Crippen molar-refractivity contribution in [3.8, 4) is 17.2 Å². The van der Waals surface area contributed by atoms with E-state index in [4.69, 9.17) is 25.8 Å². The highest BCUT2D eigenvalue weighted by Crippen LogP contribution is 2.28. The number of nitrogens with one attached hydrogen (secondary N) is 2. The first-order valence-corrected chi connectivity index (χ1v) is 18.9. The number of methoxy groups -OCH3 is 1. The predicted octanol–water partition coefficient (Wildman–Crippen LogP) is 7.07. The Morgan fingerprint density at radius 3 is 1.62 bits per heavy atom. The van der Waals surface area contributed by atoms with E-state index in [9.17, 15) is 29.4 Å². The van der Waals surface area contributed by atoms with Crippen LogP contribution in [0.25, 0.3) is 0 Å². The van der Waals surface area contributed by atoms with Gasteiger partial charge in [0.05, 0.1) is 17.6 Å². The van der Waals surface area contributed by atoms with Crippen LogP contribution in [0.5, 0.6) is 17.2 Å². The molecule has 2 aliphatic rings. The molecule has 4 N–H and O–H groups in total. The SMILES string of the molecule is CC.COc1ccccc1C(O)COc1ccc(CC2SC(=O)NC2=O)cc1.O=C1NC(=O)C(Cc2ccc(OCC(O)c3cccc(Cl)c3)cc2)S1. The van der Waals surface area contributed by atoms with E-state index in [1.54, 1.807) is 67.8 Å². The molecule has 2 heterocycles. The van der Waals surface area contributed by atoms with Gasteiger partial charge in [0.1, 0.15) is 42.7 Å². The van der Waals surface area contributed by atoms with Gasteiger partial charge < -0.3 is 24.4 Å². The van der Waals surface area contributed by atoms with E-state index in [-0.39, 0.29) is 46.0 Å². The van der Waals surface area contributed by atoms with Gasteiger partial charge in [-0.25, -0.2) is 0 Å². The molecule has 280 valence electrons. The predicted molar refractivity (Wildman–Crippen MR) is 207 cm³/mol. The number of carbonyl (C=O) groups is 4. The molecule has 4 atom stereocenters. The maximum Gasteiger partial charge on any atom is 0.286 e. The van der Waals surface area contributed by atoms with Gasteiger partial charge in [-0.1, -0.05) is 104 Å². The molecule has 2 fully saturated rings. The van der Waals surface area contributed by atoms with Crippen LogP contribution < -0.4 is 24.8 Å². The minimum absolute atomic E-state index is 0.0924. The van der Waals surface area contributed by atoms with Gasteiger partial charge in [0.2, 0.25) is 11.8 Å². The zero-order valence-electron chi connectivity index (χ0n) is 29.3. The highest BCUT2D eigenvalue weighted by Gasteiger charge is 2.32. The van der Waals surface area contributed by atoms with Gasteiger partial charge in [0.25, 0.3) is 10.5 Å². The van der Waals surface area contributed by atoms with Crippen LogP contribution in [0.15, 0.2) is 97.1 Å². The normalized spacial score (nSPS) is 17.3. The number of benzene rings is 4. The van der Waals surface area contributed by atoms with E-state index in [1.807, 2.05) is 50.2 Å². The first-order valence-electron chi connectivity index (χ1n) is 16.8. The number of carbonyl (C=O) groups excluding carboxylic acids is 4. The molecule has 4 aromatic rings. The summed E-state index contributed by atoms with van der Waals surface area (Å²) in [5.74, 6) is 1.34. The minimum atomic E-state index is -0.810. The Morgan fingerprint density at radius 1 is 0.679 bits per heavy atom. The maximum absolute atomic E-state index is 11.6. The summed E-state index contributed by atoms with van der Waals surface area (Å²) in [6.45, 7) is 4.20. The van der Waals surface area contributed by atoms with E-state index in [1.165, 1.54) is 0 Å². The van der Waals surface area contributed by atoms with E-state index < -0.39 is 12.2 Å². The van der Waals surface area contributed by atoms with Crippen molar-refractivity contribution >= 4 is 57.4 Å². The quantitative estimate of drug-likeness (QED) is 0.110. The number of hydrogen-bond donors (Lipinski definition) is 4. The van der Waals surface area contributed by atoms with Crippen LogP contribution in [0.2, 0.25) is 5.02 Å². The van der Waals surface area contributed by atoms with Gasteiger partial charge in [-0.2, -0.15) is 0 Å². The number of rotatable bonds is 13. The van der Waals surface area contributed by atoms with Crippen LogP contribution >= 0.6 is 35.1 Å². The Hall–Kier alpha value is -4.53. The molecule has 0 spiro atoms. The number of para-hydroxylation sites is 1. The number of ether oxygens (including phenoxy) is 3. The monoisotopic (exact) mass is 780 g/mol. The van der Waals surface area contributed by atoms with Crippen molar-refractivity contribution in [2.24, 2.45) is 0 Å². The van der Waals surface area contributed by atoms with E-state index in [2.05, 4.69) is 10.6 Å². The second-order valence-electron chi connectivity index (χ2n) is 11.4. The maximum atomic E-state index is 11.6. The molecule has 14 heteroatoms. The summed E-state index contributed by atoms with van der Waals surface area (Å²) in [6.07, 6.45) is -0.626. The summed E-state index contributed by atoms with van der Waals surface area (Å²) in [5, 5.41) is 24.2. The molecule has 53 heavy (non-hydrogen) atoms. The highest BCUT2D eigenvalue weighted by atomic mass is 35.5. The standard InChI is InChI=1S/C19H19NO5S.C18H16ClNO4S.C2H6/c1-24-16-5-3-2-4-14(16)15(21)11-25-13-8-6-12(7-9-13)10-17-18(22)20-19(23)26-17;19-13-3-1-2-12(9-13)15(21)10-24-14-6-4-11(5-7-14)8-16-17(22)20-18(23)25-16;1-2/h2-9,15,17,21H,10-11H2,1H3,(H,20,22,23);1-7,9,15-16,21H,8,10H2,(H,20,22,23);1-2H3. The lowest BCUT2D eigenvalue weighted by molar-refractivity contribution is -0.119. The van der Waals surface area contributed by atoms with Gasteiger partial charge in [-0.15, -0.1) is 0 Å². The lowest BCUT2D eigenvalue weighted by Gasteiger charge is -2.15. The summed E-state index contributed by atoms with van der Waals surface area (Å²) in [7, 11) is 1.56. The first-order chi connectivity index (χ1) is 25.6. The topological polar surface area (TPSA) is 160 Å². The lowest BCUT2D eigenvalue weighted by Crippen LogP contribution is -2.25. The number of thioether (sulfide) groups is 2. The summed E-state index contributed by atoms with van der Waals surface area (Å²) in [4.78, 5) is 45.6. The van der Waals surface area contributed by atoms with Crippen LogP contribution in [-0.2, 0) is 22.4 Å². The molecule has 4 amide bonds. The van der Waals surface area contributed by atoms with Crippen molar-refractivity contribution in [1.29, 1.82) is 0 Å². The molecule has 6 rings (SSSR count). The Kier molecular flexibility index (Phi) is 16.1. The highest BCUT2D eigenvalue weighted by molar-refractivity contribution is 8.15. The van der Waals surface area contributed by atoms with Crippen molar-refractivity contribution < 1.29 is 43.6 Å². The fraction of sp³-hybridized carbons (Fsp3) is 0.282. The van der Waals surface area contributed by atoms with Crippen molar-refractivity contribution in [3.63, 3.8) is 0 Å². The summed E-state index contributed by atoms with van der Waals surface area (Å²) in [5.41, 5.74) is 3.23. The molecule has 2 saturated heterocycles. The number of amides is 4. The van der Waals surface area contributed by atoms with Crippen molar-refractivity contribution in [3.05, 3.63) is 124 Å². The summed E-state index contributed by atoms with van der Waals surface area (Å²) >= 11 is 7.93. The number of halogens is 1. The molecule has 4 unspecified atom stereocenters. The van der Waals surface area contributed by atoms with Crippen molar-refractivity contribution in [1.82, 2.24) is 10.6 Å². The second-order valence-corrected chi connectivity index (χ2v) is 14.2. The third-order valence-electron chi connectivity index (χ3n) is 7.77. The Bertz CT molecular complexity index is 1840. The third-order valence-corrected chi connectivity index (χ3v) is 9.97. The minimum Gasteiger partial charge on any atom is -0.496 e. The average Bonchev–Trinajstić information content (AvgIpc) is 3.67. The average molecular weight is 781 g/mol. The Morgan fingerprint density at radius 2 is 1.17 bits per heavy atom. The number of aliphatic hydroxyl groups excluding tert-OH is 2. The fourth-order valence-electron chi connectivity index (χ4n) is 5.12. The van der Waals surface area contributed by atoms with E-state index in [0.717, 1.165) is 34.7 Å². The van der Waals surface area contributed by atoms with Crippen LogP contribution in [0.4, 0.5) is 9.59 Å². The number of imide groups is 2. The van der Waals surface area contributed by atoms with Gasteiger partial charge in [0.15, 0.2) is 0 Å². The fourth-order valence-corrected chi connectivity index (χ4v) is 7.04. The van der Waals surface area contributed by atoms with E-state index >= 15 is 0 Å². The lowest BCUT2D eigenvalue weighted by atomic mass is 10.1. The van der Waals surface area contributed by atoms with E-state index in [0.29, 0.717) is 46.2 Å². The zero-order valence-corrected chi connectivity index (χ0v) is 31.7. The zero-order chi connectivity index (χ0) is 38.3. The van der Waals surface area contributed by atoms with Gasteiger partial charge in [-0.3, -0.25) is 29.8 Å². The number of aliphatic hydroxyl groups is 2. The van der Waals surface area contributed by atoms with Gasteiger partial charge >= 0.3 is 0 Å². The van der Waals surface area contributed by atoms with Crippen LogP contribution in [0.1, 0.15) is 48.3 Å². The van der Waals surface area contributed by atoms with Crippen LogP contribution in [-0.4, -0.2) is 63.3 Å². The van der Waals surface area contributed by atoms with Gasteiger partial charge in [0, 0.05) is 10.6 Å².